The zero-order valence-electron chi connectivity index (χ0n) is 15.9. The van der Waals surface area contributed by atoms with Crippen molar-refractivity contribution in [2.45, 2.75) is 19.5 Å². The third-order valence-electron chi connectivity index (χ3n) is 4.11. The number of alkyl halides is 3. The molecule has 0 aliphatic rings. The van der Waals surface area contributed by atoms with Gasteiger partial charge in [-0.2, -0.15) is 18.3 Å². The molecule has 1 amide bonds. The number of hydrogen-bond acceptors (Lipinski definition) is 4. The van der Waals surface area contributed by atoms with Crippen LogP contribution in [-0.4, -0.2) is 28.3 Å². The van der Waals surface area contributed by atoms with Gasteiger partial charge in [0.25, 0.3) is 0 Å². The molecule has 9 heteroatoms. The van der Waals surface area contributed by atoms with E-state index in [1.165, 1.54) is 22.9 Å². The molecule has 3 rings (SSSR count). The fraction of sp³-hybridized carbons (Fsp3) is 0.190. The molecule has 1 heterocycles. The van der Waals surface area contributed by atoms with E-state index in [1.54, 1.807) is 37.4 Å². The van der Waals surface area contributed by atoms with Crippen LogP contribution >= 0.6 is 0 Å². The van der Waals surface area contributed by atoms with Crippen molar-refractivity contribution in [3.8, 4) is 5.69 Å². The highest BCUT2D eigenvalue weighted by atomic mass is 19.4. The summed E-state index contributed by atoms with van der Waals surface area (Å²) in [4.78, 5) is 24.0. The van der Waals surface area contributed by atoms with E-state index in [9.17, 15) is 22.8 Å². The standard InChI is InChI=1S/C21H18F3N3O3/c1-2-30-20(29)18-10-11-27(26-18)17-5-3-4-16(13-17)25-19(28)12-14-6-8-15(9-7-14)21(22,23)24/h3-11,13H,2,12H2,1H3,(H,25,28). The molecule has 6 nitrogen and oxygen atoms in total. The second-order valence-electron chi connectivity index (χ2n) is 6.34. The fourth-order valence-corrected chi connectivity index (χ4v) is 2.71. The summed E-state index contributed by atoms with van der Waals surface area (Å²) in [5, 5.41) is 6.85. The molecule has 1 N–H and O–H groups in total. The summed E-state index contributed by atoms with van der Waals surface area (Å²) in [7, 11) is 0. The molecule has 0 fully saturated rings. The average molecular weight is 417 g/mol. The van der Waals surface area contributed by atoms with Gasteiger partial charge in [-0.3, -0.25) is 4.79 Å². The molecule has 156 valence electrons. The minimum Gasteiger partial charge on any atom is -0.461 e. The molecule has 0 bridgehead atoms. The minimum atomic E-state index is -4.42. The third-order valence-corrected chi connectivity index (χ3v) is 4.11. The van der Waals surface area contributed by atoms with Gasteiger partial charge >= 0.3 is 12.1 Å². The van der Waals surface area contributed by atoms with Crippen molar-refractivity contribution in [2.75, 3.05) is 11.9 Å². The molecule has 0 unspecified atom stereocenters. The van der Waals surface area contributed by atoms with Crippen molar-refractivity contribution in [3.63, 3.8) is 0 Å². The summed E-state index contributed by atoms with van der Waals surface area (Å²) in [6.45, 7) is 1.94. The average Bonchev–Trinajstić information content (AvgIpc) is 3.18. The van der Waals surface area contributed by atoms with Crippen LogP contribution in [0, 0.1) is 0 Å². The van der Waals surface area contributed by atoms with Gasteiger partial charge in [0, 0.05) is 11.9 Å². The molecular formula is C21H18F3N3O3. The van der Waals surface area contributed by atoms with Crippen molar-refractivity contribution >= 4 is 17.6 Å². The molecular weight excluding hydrogens is 399 g/mol. The number of aromatic nitrogens is 2. The Morgan fingerprint density at radius 2 is 1.83 bits per heavy atom. The van der Waals surface area contributed by atoms with E-state index < -0.39 is 17.7 Å². The Hall–Kier alpha value is -3.62. The van der Waals surface area contributed by atoms with E-state index in [0.29, 0.717) is 16.9 Å². The van der Waals surface area contributed by atoms with Gasteiger partial charge in [0.15, 0.2) is 5.69 Å². The number of anilines is 1. The van der Waals surface area contributed by atoms with Gasteiger partial charge in [-0.05, 0) is 48.9 Å². The van der Waals surface area contributed by atoms with E-state index in [-0.39, 0.29) is 24.6 Å². The number of carbonyl (C=O) groups excluding carboxylic acids is 2. The molecule has 0 atom stereocenters. The number of amides is 1. The maximum absolute atomic E-state index is 12.6. The van der Waals surface area contributed by atoms with E-state index >= 15 is 0 Å². The van der Waals surface area contributed by atoms with Crippen LogP contribution in [0.2, 0.25) is 0 Å². The Morgan fingerprint density at radius 1 is 1.10 bits per heavy atom. The van der Waals surface area contributed by atoms with Crippen LogP contribution in [0.1, 0.15) is 28.5 Å². The quantitative estimate of drug-likeness (QED) is 0.609. The summed E-state index contributed by atoms with van der Waals surface area (Å²) in [5.41, 5.74) is 0.952. The Bertz CT molecular complexity index is 1040. The number of halogens is 3. The predicted molar refractivity (Wildman–Crippen MR) is 103 cm³/mol. The minimum absolute atomic E-state index is 0.0723. The summed E-state index contributed by atoms with van der Waals surface area (Å²) in [5.74, 6) is -0.906. The second-order valence-corrected chi connectivity index (χ2v) is 6.34. The molecule has 0 saturated heterocycles. The van der Waals surface area contributed by atoms with Gasteiger partial charge < -0.3 is 10.1 Å². The first kappa shape index (κ1) is 21.1. The lowest BCUT2D eigenvalue weighted by atomic mass is 10.1. The maximum atomic E-state index is 12.6. The first-order valence-corrected chi connectivity index (χ1v) is 9.05. The van der Waals surface area contributed by atoms with Crippen molar-refractivity contribution < 1.29 is 27.5 Å². The highest BCUT2D eigenvalue weighted by Crippen LogP contribution is 2.29. The highest BCUT2D eigenvalue weighted by molar-refractivity contribution is 5.92. The van der Waals surface area contributed by atoms with Crippen LogP contribution in [-0.2, 0) is 22.1 Å². The van der Waals surface area contributed by atoms with E-state index in [4.69, 9.17) is 4.74 Å². The first-order chi connectivity index (χ1) is 14.3. The van der Waals surface area contributed by atoms with Gasteiger partial charge in [0.1, 0.15) is 0 Å². The van der Waals surface area contributed by atoms with Crippen LogP contribution in [0.15, 0.2) is 60.8 Å². The number of rotatable bonds is 6. The Labute approximate surface area is 170 Å². The van der Waals surface area contributed by atoms with Gasteiger partial charge in [-0.25, -0.2) is 9.48 Å². The van der Waals surface area contributed by atoms with Crippen LogP contribution in [0.5, 0.6) is 0 Å². The fourth-order valence-electron chi connectivity index (χ4n) is 2.71. The van der Waals surface area contributed by atoms with Gasteiger partial charge in [-0.15, -0.1) is 0 Å². The topological polar surface area (TPSA) is 73.2 Å². The Balaban J connectivity index is 1.66. The molecule has 30 heavy (non-hydrogen) atoms. The Morgan fingerprint density at radius 3 is 2.50 bits per heavy atom. The second kappa shape index (κ2) is 8.81. The summed E-state index contributed by atoms with van der Waals surface area (Å²) in [6, 6.07) is 12.7. The lowest BCUT2D eigenvalue weighted by Gasteiger charge is -2.09. The molecule has 3 aromatic rings. The van der Waals surface area contributed by atoms with Gasteiger partial charge in [-0.1, -0.05) is 18.2 Å². The molecule has 0 spiro atoms. The zero-order valence-corrected chi connectivity index (χ0v) is 15.9. The van der Waals surface area contributed by atoms with E-state index in [1.807, 2.05) is 0 Å². The number of nitrogens with zero attached hydrogens (tertiary/aromatic N) is 2. The third kappa shape index (κ3) is 5.25. The number of carbonyl (C=O) groups is 2. The van der Waals surface area contributed by atoms with Crippen LogP contribution in [0.3, 0.4) is 0 Å². The smallest absolute Gasteiger partial charge is 0.416 e. The Kier molecular flexibility index (Phi) is 6.20. The molecule has 1 aromatic heterocycles. The normalized spacial score (nSPS) is 11.2. The number of hydrogen-bond donors (Lipinski definition) is 1. The number of benzene rings is 2. The van der Waals surface area contributed by atoms with Crippen molar-refractivity contribution in [3.05, 3.63) is 77.6 Å². The van der Waals surface area contributed by atoms with Crippen molar-refractivity contribution in [2.24, 2.45) is 0 Å². The molecule has 0 aliphatic heterocycles. The molecule has 2 aromatic carbocycles. The molecule has 0 aliphatic carbocycles. The lowest BCUT2D eigenvalue weighted by molar-refractivity contribution is -0.137. The summed E-state index contributed by atoms with van der Waals surface area (Å²) >= 11 is 0. The van der Waals surface area contributed by atoms with Crippen LogP contribution in [0.25, 0.3) is 5.69 Å². The van der Waals surface area contributed by atoms with Crippen molar-refractivity contribution in [1.82, 2.24) is 9.78 Å². The highest BCUT2D eigenvalue weighted by Gasteiger charge is 2.29. The summed E-state index contributed by atoms with van der Waals surface area (Å²) < 4.78 is 44.2. The van der Waals surface area contributed by atoms with Gasteiger partial charge in [0.05, 0.1) is 24.3 Å². The molecule has 0 radical (unpaired) electrons. The maximum Gasteiger partial charge on any atom is 0.416 e. The number of nitrogens with one attached hydrogen (secondary N) is 1. The van der Waals surface area contributed by atoms with E-state index in [0.717, 1.165) is 12.1 Å². The predicted octanol–water partition coefficient (Wildman–Crippen LogP) is 4.25. The first-order valence-electron chi connectivity index (χ1n) is 9.05. The van der Waals surface area contributed by atoms with Crippen LogP contribution < -0.4 is 5.32 Å². The lowest BCUT2D eigenvalue weighted by Crippen LogP contribution is -2.15. The van der Waals surface area contributed by atoms with Crippen LogP contribution in [0.4, 0.5) is 18.9 Å². The molecule has 0 saturated carbocycles. The largest absolute Gasteiger partial charge is 0.461 e. The number of esters is 1. The number of ether oxygens (including phenoxy) is 1. The summed E-state index contributed by atoms with van der Waals surface area (Å²) in [6.07, 6.45) is -2.90. The van der Waals surface area contributed by atoms with E-state index in [2.05, 4.69) is 10.4 Å². The monoisotopic (exact) mass is 417 g/mol. The SMILES string of the molecule is CCOC(=O)c1ccn(-c2cccc(NC(=O)Cc3ccc(C(F)(F)F)cc3)c2)n1. The van der Waals surface area contributed by atoms with Gasteiger partial charge in [0.2, 0.25) is 5.91 Å². The van der Waals surface area contributed by atoms with Crippen molar-refractivity contribution in [1.29, 1.82) is 0 Å². The zero-order chi connectivity index (χ0) is 21.7.